The van der Waals surface area contributed by atoms with Crippen molar-refractivity contribution in [3.8, 4) is 33.4 Å². The maximum Gasteiger partial charge on any atom is 0.0159 e. The first-order chi connectivity index (χ1) is 21.3. The molecule has 8 aromatic carbocycles. The Labute approximate surface area is 257 Å². The zero-order valence-corrected chi connectivity index (χ0v) is 25.5. The van der Waals surface area contributed by atoms with Crippen LogP contribution in [0.2, 0.25) is 0 Å². The van der Waals surface area contributed by atoms with Crippen molar-refractivity contribution in [2.45, 2.75) is 38.5 Å². The molecule has 2 aliphatic rings. The quantitative estimate of drug-likeness (QED) is 0.175. The van der Waals surface area contributed by atoms with E-state index in [0.717, 1.165) is 0 Å². The van der Waals surface area contributed by atoms with Gasteiger partial charge in [-0.05, 0) is 129 Å². The molecule has 0 unspecified atom stereocenters. The zero-order valence-electron chi connectivity index (χ0n) is 25.5. The van der Waals surface area contributed by atoms with Crippen molar-refractivity contribution in [1.29, 1.82) is 0 Å². The van der Waals surface area contributed by atoms with Gasteiger partial charge in [-0.3, -0.25) is 0 Å². The topological polar surface area (TPSA) is 0 Å². The molecule has 208 valence electrons. The van der Waals surface area contributed by atoms with Crippen LogP contribution >= 0.6 is 0 Å². The number of benzene rings is 8. The molecular formula is C44H32. The molecule has 0 aliphatic heterocycles. The molecule has 0 saturated carbocycles. The molecule has 0 heterocycles. The molecule has 0 radical (unpaired) electrons. The lowest BCUT2D eigenvalue weighted by atomic mass is 9.80. The molecule has 0 spiro atoms. The maximum atomic E-state index is 2.48. The number of hydrogen-bond acceptors (Lipinski definition) is 0. The van der Waals surface area contributed by atoms with E-state index in [1.165, 1.54) is 98.7 Å². The maximum absolute atomic E-state index is 2.48. The highest BCUT2D eigenvalue weighted by Crippen LogP contribution is 2.55. The second-order valence-corrected chi connectivity index (χ2v) is 14.2. The van der Waals surface area contributed by atoms with Crippen LogP contribution in [-0.4, -0.2) is 0 Å². The Kier molecular flexibility index (Phi) is 4.43. The van der Waals surface area contributed by atoms with Gasteiger partial charge in [0.15, 0.2) is 0 Å². The molecule has 0 saturated heterocycles. The van der Waals surface area contributed by atoms with E-state index in [9.17, 15) is 0 Å². The molecule has 2 aliphatic carbocycles. The van der Waals surface area contributed by atoms with Crippen LogP contribution in [0.1, 0.15) is 49.9 Å². The summed E-state index contributed by atoms with van der Waals surface area (Å²) < 4.78 is 0. The lowest BCUT2D eigenvalue weighted by molar-refractivity contribution is 0.661. The highest BCUT2D eigenvalue weighted by Gasteiger charge is 2.38. The molecule has 0 heteroatoms. The molecule has 10 rings (SSSR count). The second-order valence-electron chi connectivity index (χ2n) is 14.2. The summed E-state index contributed by atoms with van der Waals surface area (Å²) in [4.78, 5) is 0. The first kappa shape index (κ1) is 24.5. The second kappa shape index (κ2) is 7.96. The Morgan fingerprint density at radius 3 is 1.77 bits per heavy atom. The monoisotopic (exact) mass is 560 g/mol. The molecule has 44 heavy (non-hydrogen) atoms. The first-order valence-corrected chi connectivity index (χ1v) is 15.9. The fourth-order valence-corrected chi connectivity index (χ4v) is 8.81. The third-order valence-corrected chi connectivity index (χ3v) is 11.2. The highest BCUT2D eigenvalue weighted by atomic mass is 14.4. The summed E-state index contributed by atoms with van der Waals surface area (Å²) in [6.45, 7) is 9.56. The molecule has 0 nitrogen and oxygen atoms in total. The SMILES string of the molecule is CC1(C)c2ccc(-c3ccc4c(c3)C(C)(C)c3cc5ccc6cccc7ccc(c3-4)c5c67)cc2-c2cc3ccccc3cc21. The van der Waals surface area contributed by atoms with E-state index in [1.807, 2.05) is 0 Å². The Morgan fingerprint density at radius 2 is 0.955 bits per heavy atom. The van der Waals surface area contributed by atoms with Crippen molar-refractivity contribution < 1.29 is 0 Å². The predicted molar refractivity (Wildman–Crippen MR) is 188 cm³/mol. The molecule has 0 atom stereocenters. The molecule has 0 amide bonds. The lowest BCUT2D eigenvalue weighted by Gasteiger charge is -2.23. The van der Waals surface area contributed by atoms with Crippen molar-refractivity contribution in [2.75, 3.05) is 0 Å². The van der Waals surface area contributed by atoms with Gasteiger partial charge in [-0.1, -0.05) is 119 Å². The van der Waals surface area contributed by atoms with Crippen LogP contribution < -0.4 is 0 Å². The van der Waals surface area contributed by atoms with Crippen LogP contribution in [0, 0.1) is 0 Å². The van der Waals surface area contributed by atoms with Crippen molar-refractivity contribution >= 4 is 43.1 Å². The largest absolute Gasteiger partial charge is 0.0616 e. The lowest BCUT2D eigenvalue weighted by Crippen LogP contribution is -2.15. The van der Waals surface area contributed by atoms with Gasteiger partial charge in [-0.2, -0.15) is 0 Å². The predicted octanol–water partition coefficient (Wildman–Crippen LogP) is 12.0. The van der Waals surface area contributed by atoms with E-state index in [2.05, 4.69) is 149 Å². The molecule has 8 aromatic rings. The summed E-state index contributed by atoms with van der Waals surface area (Å²) in [5, 5.41) is 10.8. The van der Waals surface area contributed by atoms with Gasteiger partial charge in [0.2, 0.25) is 0 Å². The summed E-state index contributed by atoms with van der Waals surface area (Å²) in [7, 11) is 0. The average molecular weight is 561 g/mol. The van der Waals surface area contributed by atoms with Gasteiger partial charge >= 0.3 is 0 Å². The summed E-state index contributed by atoms with van der Waals surface area (Å²) in [5.41, 5.74) is 13.7. The third kappa shape index (κ3) is 2.94. The number of fused-ring (bicyclic) bond motifs is 8. The van der Waals surface area contributed by atoms with Gasteiger partial charge < -0.3 is 0 Å². The van der Waals surface area contributed by atoms with Crippen molar-refractivity contribution in [1.82, 2.24) is 0 Å². The normalized spacial score (nSPS) is 15.6. The Hall–Kier alpha value is -4.94. The van der Waals surface area contributed by atoms with E-state index in [1.54, 1.807) is 0 Å². The van der Waals surface area contributed by atoms with Crippen LogP contribution in [0.15, 0.2) is 121 Å². The van der Waals surface area contributed by atoms with Gasteiger partial charge in [-0.25, -0.2) is 0 Å². The minimum atomic E-state index is -0.0879. The van der Waals surface area contributed by atoms with Crippen molar-refractivity contribution in [2.24, 2.45) is 0 Å². The van der Waals surface area contributed by atoms with E-state index in [0.29, 0.717) is 0 Å². The summed E-state index contributed by atoms with van der Waals surface area (Å²) in [5.74, 6) is 0. The van der Waals surface area contributed by atoms with Crippen molar-refractivity contribution in [3.63, 3.8) is 0 Å². The van der Waals surface area contributed by atoms with Crippen LogP contribution in [-0.2, 0) is 10.8 Å². The standard InChI is InChI=1S/C44H32/c1-43(2)36-19-16-29(21-34(36)35-20-27-8-5-6-9-28(27)22-38(35)43)30-15-17-32-37(23-30)44(3,4)39-24-31-13-12-25-10-7-11-26-14-18-33(42(32)39)41(31)40(25)26/h5-24H,1-4H3. The van der Waals surface area contributed by atoms with Gasteiger partial charge in [0.05, 0.1) is 0 Å². The van der Waals surface area contributed by atoms with Gasteiger partial charge in [-0.15, -0.1) is 0 Å². The van der Waals surface area contributed by atoms with Crippen molar-refractivity contribution in [3.05, 3.63) is 144 Å². The van der Waals surface area contributed by atoms with Crippen LogP contribution in [0.25, 0.3) is 76.5 Å². The fourth-order valence-electron chi connectivity index (χ4n) is 8.81. The Balaban J connectivity index is 1.17. The molecular weight excluding hydrogens is 528 g/mol. The van der Waals surface area contributed by atoms with Crippen LogP contribution in [0.5, 0.6) is 0 Å². The smallest absolute Gasteiger partial charge is 0.0159 e. The Morgan fingerprint density at radius 1 is 0.364 bits per heavy atom. The van der Waals surface area contributed by atoms with E-state index in [4.69, 9.17) is 0 Å². The molecule has 0 bridgehead atoms. The highest BCUT2D eigenvalue weighted by molar-refractivity contribution is 6.26. The van der Waals surface area contributed by atoms with Gasteiger partial charge in [0, 0.05) is 10.8 Å². The summed E-state index contributed by atoms with van der Waals surface area (Å²) in [6, 6.07) is 46.4. The molecule has 0 fully saturated rings. The average Bonchev–Trinajstić information content (AvgIpc) is 3.40. The van der Waals surface area contributed by atoms with Crippen LogP contribution in [0.4, 0.5) is 0 Å². The minimum Gasteiger partial charge on any atom is -0.0616 e. The van der Waals surface area contributed by atoms with E-state index in [-0.39, 0.29) is 10.8 Å². The number of hydrogen-bond donors (Lipinski definition) is 0. The van der Waals surface area contributed by atoms with E-state index >= 15 is 0 Å². The third-order valence-electron chi connectivity index (χ3n) is 11.2. The summed E-state index contributed by atoms with van der Waals surface area (Å²) >= 11 is 0. The summed E-state index contributed by atoms with van der Waals surface area (Å²) in [6.07, 6.45) is 0. The fraction of sp³-hybridized carbons (Fsp3) is 0.136. The molecule has 0 aromatic heterocycles. The first-order valence-electron chi connectivity index (χ1n) is 15.9. The zero-order chi connectivity index (χ0) is 29.5. The molecule has 0 N–H and O–H groups in total. The number of rotatable bonds is 1. The van der Waals surface area contributed by atoms with Crippen LogP contribution in [0.3, 0.4) is 0 Å². The Bertz CT molecular complexity index is 2520. The van der Waals surface area contributed by atoms with Gasteiger partial charge in [0.1, 0.15) is 0 Å². The van der Waals surface area contributed by atoms with E-state index < -0.39 is 0 Å². The van der Waals surface area contributed by atoms with Gasteiger partial charge in [0.25, 0.3) is 0 Å². The minimum absolute atomic E-state index is 0.0181.